The SMILES string of the molecule is CCC(C)NC(=O)c1cc(C(=O)Nc2ccccc2Br)ccn1. The molecule has 0 saturated carbocycles. The van der Waals surface area contributed by atoms with Crippen LogP contribution in [0.15, 0.2) is 47.1 Å². The van der Waals surface area contributed by atoms with Crippen molar-refractivity contribution in [2.24, 2.45) is 0 Å². The molecule has 0 fully saturated rings. The van der Waals surface area contributed by atoms with Gasteiger partial charge in [0.05, 0.1) is 5.69 Å². The number of carbonyl (C=O) groups excluding carboxylic acids is 2. The average molecular weight is 376 g/mol. The summed E-state index contributed by atoms with van der Waals surface area (Å²) in [5.41, 5.74) is 1.27. The van der Waals surface area contributed by atoms with E-state index in [1.807, 2.05) is 32.0 Å². The zero-order valence-corrected chi connectivity index (χ0v) is 14.6. The van der Waals surface area contributed by atoms with Gasteiger partial charge in [-0.2, -0.15) is 0 Å². The van der Waals surface area contributed by atoms with Crippen molar-refractivity contribution in [3.63, 3.8) is 0 Å². The molecule has 0 saturated heterocycles. The molecule has 0 aliphatic rings. The van der Waals surface area contributed by atoms with E-state index < -0.39 is 0 Å². The molecule has 1 aromatic carbocycles. The van der Waals surface area contributed by atoms with E-state index in [1.54, 1.807) is 12.1 Å². The number of nitrogens with zero attached hydrogens (tertiary/aromatic N) is 1. The van der Waals surface area contributed by atoms with Gasteiger partial charge in [-0.1, -0.05) is 19.1 Å². The largest absolute Gasteiger partial charge is 0.348 e. The van der Waals surface area contributed by atoms with Gasteiger partial charge in [-0.05, 0) is 53.5 Å². The first-order valence-electron chi connectivity index (χ1n) is 7.34. The third-order valence-corrected chi connectivity index (χ3v) is 4.06. The van der Waals surface area contributed by atoms with Crippen LogP contribution in [0.1, 0.15) is 41.1 Å². The first kappa shape index (κ1) is 17.1. The summed E-state index contributed by atoms with van der Waals surface area (Å²) in [6, 6.07) is 10.5. The van der Waals surface area contributed by atoms with Crippen LogP contribution in [0.2, 0.25) is 0 Å². The molecule has 2 amide bonds. The molecule has 1 unspecified atom stereocenters. The van der Waals surface area contributed by atoms with E-state index in [1.165, 1.54) is 12.3 Å². The fraction of sp³-hybridized carbons (Fsp3) is 0.235. The molecule has 2 aromatic rings. The predicted molar refractivity (Wildman–Crippen MR) is 93.6 cm³/mol. The Morgan fingerprint density at radius 1 is 1.22 bits per heavy atom. The Bertz CT molecular complexity index is 718. The molecule has 0 aliphatic carbocycles. The number of nitrogens with one attached hydrogen (secondary N) is 2. The Labute approximate surface area is 143 Å². The molecule has 0 radical (unpaired) electrons. The number of rotatable bonds is 5. The molecule has 1 atom stereocenters. The molecule has 6 heteroatoms. The van der Waals surface area contributed by atoms with Crippen LogP contribution >= 0.6 is 15.9 Å². The molecule has 1 aromatic heterocycles. The second kappa shape index (κ2) is 7.87. The molecule has 120 valence electrons. The van der Waals surface area contributed by atoms with Crippen molar-refractivity contribution in [3.8, 4) is 0 Å². The van der Waals surface area contributed by atoms with Crippen molar-refractivity contribution in [1.29, 1.82) is 0 Å². The standard InChI is InChI=1S/C17H18BrN3O2/c1-3-11(2)20-17(23)15-10-12(8-9-19-15)16(22)21-14-7-5-4-6-13(14)18/h4-11H,3H2,1-2H3,(H,20,23)(H,21,22). The number of para-hydroxylation sites is 1. The lowest BCUT2D eigenvalue weighted by atomic mass is 10.2. The lowest BCUT2D eigenvalue weighted by molar-refractivity contribution is 0.0934. The van der Waals surface area contributed by atoms with Crippen LogP contribution in [0.3, 0.4) is 0 Å². The van der Waals surface area contributed by atoms with Crippen molar-refractivity contribution in [3.05, 3.63) is 58.3 Å². The monoisotopic (exact) mass is 375 g/mol. The highest BCUT2D eigenvalue weighted by molar-refractivity contribution is 9.10. The van der Waals surface area contributed by atoms with E-state index in [0.717, 1.165) is 10.9 Å². The summed E-state index contributed by atoms with van der Waals surface area (Å²) in [6.07, 6.45) is 2.29. The molecule has 23 heavy (non-hydrogen) atoms. The summed E-state index contributed by atoms with van der Waals surface area (Å²) >= 11 is 3.38. The van der Waals surface area contributed by atoms with E-state index in [-0.39, 0.29) is 23.6 Å². The average Bonchev–Trinajstić information content (AvgIpc) is 2.56. The number of benzene rings is 1. The van der Waals surface area contributed by atoms with E-state index >= 15 is 0 Å². The minimum absolute atomic E-state index is 0.0575. The quantitative estimate of drug-likeness (QED) is 0.837. The molecule has 0 aliphatic heterocycles. The fourth-order valence-corrected chi connectivity index (χ4v) is 2.24. The number of pyridine rings is 1. The number of halogens is 1. The second-order valence-corrected chi connectivity index (χ2v) is 6.00. The van der Waals surface area contributed by atoms with Gasteiger partial charge in [0.15, 0.2) is 0 Å². The van der Waals surface area contributed by atoms with Gasteiger partial charge in [0.2, 0.25) is 0 Å². The normalized spacial score (nSPS) is 11.6. The van der Waals surface area contributed by atoms with Gasteiger partial charge in [0, 0.05) is 22.3 Å². The summed E-state index contributed by atoms with van der Waals surface area (Å²) in [4.78, 5) is 28.4. The van der Waals surface area contributed by atoms with Gasteiger partial charge >= 0.3 is 0 Å². The summed E-state index contributed by atoms with van der Waals surface area (Å²) in [5.74, 6) is -0.577. The van der Waals surface area contributed by atoms with Gasteiger partial charge in [-0.15, -0.1) is 0 Å². The molecule has 1 heterocycles. The van der Waals surface area contributed by atoms with Crippen LogP contribution in [0, 0.1) is 0 Å². The van der Waals surface area contributed by atoms with Gasteiger partial charge < -0.3 is 10.6 Å². The number of amides is 2. The second-order valence-electron chi connectivity index (χ2n) is 5.15. The topological polar surface area (TPSA) is 71.1 Å². The summed E-state index contributed by atoms with van der Waals surface area (Å²) < 4.78 is 0.789. The van der Waals surface area contributed by atoms with Gasteiger partial charge in [-0.25, -0.2) is 0 Å². The lowest BCUT2D eigenvalue weighted by Crippen LogP contribution is -2.32. The Kier molecular flexibility index (Phi) is 5.87. The lowest BCUT2D eigenvalue weighted by Gasteiger charge is -2.11. The maximum absolute atomic E-state index is 12.3. The van der Waals surface area contributed by atoms with Crippen LogP contribution in [0.4, 0.5) is 5.69 Å². The van der Waals surface area contributed by atoms with E-state index in [2.05, 4.69) is 31.5 Å². The van der Waals surface area contributed by atoms with Crippen LogP contribution in [-0.2, 0) is 0 Å². The van der Waals surface area contributed by atoms with Crippen molar-refractivity contribution >= 4 is 33.4 Å². The molecule has 5 nitrogen and oxygen atoms in total. The van der Waals surface area contributed by atoms with Gasteiger partial charge in [-0.3, -0.25) is 14.6 Å². The summed E-state index contributed by atoms with van der Waals surface area (Å²) in [5, 5.41) is 5.63. The number of anilines is 1. The van der Waals surface area contributed by atoms with E-state index in [0.29, 0.717) is 11.3 Å². The Hall–Kier alpha value is -2.21. The van der Waals surface area contributed by atoms with Gasteiger partial charge in [0.1, 0.15) is 5.69 Å². The minimum Gasteiger partial charge on any atom is -0.348 e. The first-order valence-corrected chi connectivity index (χ1v) is 8.13. The number of aromatic nitrogens is 1. The molecule has 2 rings (SSSR count). The van der Waals surface area contributed by atoms with Crippen LogP contribution in [0.25, 0.3) is 0 Å². The van der Waals surface area contributed by atoms with Crippen LogP contribution in [0.5, 0.6) is 0 Å². The third kappa shape index (κ3) is 4.63. The smallest absolute Gasteiger partial charge is 0.270 e. The number of carbonyl (C=O) groups is 2. The molecular formula is C17H18BrN3O2. The Morgan fingerprint density at radius 3 is 2.65 bits per heavy atom. The first-order chi connectivity index (χ1) is 11.0. The van der Waals surface area contributed by atoms with Crippen molar-refractivity contribution in [2.45, 2.75) is 26.3 Å². The zero-order chi connectivity index (χ0) is 16.8. The third-order valence-electron chi connectivity index (χ3n) is 3.37. The molecular weight excluding hydrogens is 358 g/mol. The maximum atomic E-state index is 12.3. The predicted octanol–water partition coefficient (Wildman–Crippen LogP) is 3.62. The molecule has 0 bridgehead atoms. The molecule has 2 N–H and O–H groups in total. The van der Waals surface area contributed by atoms with Crippen LogP contribution < -0.4 is 10.6 Å². The van der Waals surface area contributed by atoms with Gasteiger partial charge in [0.25, 0.3) is 11.8 Å². The Morgan fingerprint density at radius 2 is 1.96 bits per heavy atom. The van der Waals surface area contributed by atoms with Crippen LogP contribution in [-0.4, -0.2) is 22.8 Å². The zero-order valence-electron chi connectivity index (χ0n) is 13.0. The van der Waals surface area contributed by atoms with E-state index in [4.69, 9.17) is 0 Å². The highest BCUT2D eigenvalue weighted by Gasteiger charge is 2.14. The Balaban J connectivity index is 2.14. The van der Waals surface area contributed by atoms with Crippen molar-refractivity contribution in [2.75, 3.05) is 5.32 Å². The summed E-state index contributed by atoms with van der Waals surface area (Å²) in [6.45, 7) is 3.90. The number of hydrogen-bond acceptors (Lipinski definition) is 3. The van der Waals surface area contributed by atoms with Crippen molar-refractivity contribution in [1.82, 2.24) is 10.3 Å². The highest BCUT2D eigenvalue weighted by atomic mass is 79.9. The fourth-order valence-electron chi connectivity index (χ4n) is 1.85. The number of hydrogen-bond donors (Lipinski definition) is 2. The minimum atomic E-state index is -0.295. The van der Waals surface area contributed by atoms with E-state index in [9.17, 15) is 9.59 Å². The summed E-state index contributed by atoms with van der Waals surface area (Å²) in [7, 11) is 0. The molecule has 0 spiro atoms. The maximum Gasteiger partial charge on any atom is 0.270 e. The highest BCUT2D eigenvalue weighted by Crippen LogP contribution is 2.21. The van der Waals surface area contributed by atoms with Crippen molar-refractivity contribution < 1.29 is 9.59 Å².